The van der Waals surface area contributed by atoms with E-state index in [0.29, 0.717) is 18.1 Å². The van der Waals surface area contributed by atoms with E-state index in [1.165, 1.54) is 0 Å². The standard InChI is InChI=1S/C20H16N4O/c25-19-18(13-14-7-2-1-3-8-14)23-24-20(22-19)21-17-12-6-10-15-9-4-5-11-16(15)17/h1-12H,13H2,(H2,21,22,24,25). The summed E-state index contributed by atoms with van der Waals surface area (Å²) in [4.78, 5) is 15.1. The van der Waals surface area contributed by atoms with E-state index < -0.39 is 0 Å². The van der Waals surface area contributed by atoms with Crippen LogP contribution in [0.15, 0.2) is 77.6 Å². The Kier molecular flexibility index (Phi) is 3.96. The number of benzene rings is 3. The summed E-state index contributed by atoms with van der Waals surface area (Å²) in [5, 5.41) is 13.5. The summed E-state index contributed by atoms with van der Waals surface area (Å²) >= 11 is 0. The van der Waals surface area contributed by atoms with E-state index >= 15 is 0 Å². The first kappa shape index (κ1) is 15.1. The second-order valence-electron chi connectivity index (χ2n) is 5.76. The minimum absolute atomic E-state index is 0.235. The smallest absolute Gasteiger partial charge is 0.274 e. The van der Waals surface area contributed by atoms with Gasteiger partial charge in [-0.05, 0) is 17.0 Å². The topological polar surface area (TPSA) is 70.7 Å². The van der Waals surface area contributed by atoms with Crippen LogP contribution in [0, 0.1) is 0 Å². The molecule has 0 saturated carbocycles. The fourth-order valence-electron chi connectivity index (χ4n) is 2.78. The first-order valence-electron chi connectivity index (χ1n) is 8.04. The van der Waals surface area contributed by atoms with Crippen LogP contribution in [0.25, 0.3) is 10.8 Å². The molecule has 0 spiro atoms. The van der Waals surface area contributed by atoms with Crippen LogP contribution in [0.4, 0.5) is 11.6 Å². The number of nitrogens with zero attached hydrogens (tertiary/aromatic N) is 2. The Balaban J connectivity index is 1.61. The average Bonchev–Trinajstić information content (AvgIpc) is 2.65. The first-order valence-corrected chi connectivity index (χ1v) is 8.04. The lowest BCUT2D eigenvalue weighted by Crippen LogP contribution is -2.18. The zero-order valence-electron chi connectivity index (χ0n) is 13.4. The molecule has 0 fully saturated rings. The molecule has 0 amide bonds. The molecule has 1 aromatic heterocycles. The Hall–Kier alpha value is -3.47. The van der Waals surface area contributed by atoms with E-state index in [1.54, 1.807) is 0 Å². The molecule has 3 aromatic carbocycles. The maximum Gasteiger partial charge on any atom is 0.274 e. The van der Waals surface area contributed by atoms with Crippen LogP contribution in [-0.4, -0.2) is 15.2 Å². The van der Waals surface area contributed by atoms with Gasteiger partial charge in [-0.1, -0.05) is 66.7 Å². The predicted molar refractivity (Wildman–Crippen MR) is 99.1 cm³/mol. The van der Waals surface area contributed by atoms with Crippen molar-refractivity contribution in [2.75, 3.05) is 5.32 Å². The van der Waals surface area contributed by atoms with Gasteiger partial charge in [0, 0.05) is 17.5 Å². The number of anilines is 2. The van der Waals surface area contributed by atoms with Crippen LogP contribution in [0.3, 0.4) is 0 Å². The molecule has 0 aliphatic rings. The highest BCUT2D eigenvalue weighted by Crippen LogP contribution is 2.24. The van der Waals surface area contributed by atoms with Crippen molar-refractivity contribution in [1.82, 2.24) is 15.2 Å². The zero-order valence-corrected chi connectivity index (χ0v) is 13.4. The third kappa shape index (κ3) is 3.26. The summed E-state index contributed by atoms with van der Waals surface area (Å²) in [6, 6.07) is 23.7. The van der Waals surface area contributed by atoms with Crippen molar-refractivity contribution < 1.29 is 0 Å². The summed E-state index contributed by atoms with van der Waals surface area (Å²) in [5.41, 5.74) is 2.06. The molecule has 0 atom stereocenters. The maximum atomic E-state index is 12.3. The molecular formula is C20H16N4O. The van der Waals surface area contributed by atoms with Gasteiger partial charge in [-0.15, -0.1) is 10.2 Å². The molecule has 2 N–H and O–H groups in total. The Morgan fingerprint density at radius 2 is 1.60 bits per heavy atom. The third-order valence-corrected chi connectivity index (χ3v) is 4.02. The summed E-state index contributed by atoms with van der Waals surface area (Å²) in [5.74, 6) is 0.332. The Morgan fingerprint density at radius 1 is 0.840 bits per heavy atom. The lowest BCUT2D eigenvalue weighted by atomic mass is 10.1. The van der Waals surface area contributed by atoms with Gasteiger partial charge >= 0.3 is 0 Å². The van der Waals surface area contributed by atoms with Gasteiger partial charge < -0.3 is 5.32 Å². The Morgan fingerprint density at radius 3 is 2.44 bits per heavy atom. The van der Waals surface area contributed by atoms with Crippen LogP contribution in [-0.2, 0) is 6.42 Å². The molecule has 25 heavy (non-hydrogen) atoms. The number of aromatic nitrogens is 3. The van der Waals surface area contributed by atoms with E-state index in [9.17, 15) is 4.79 Å². The SMILES string of the molecule is O=c1[nH]c(Nc2cccc3ccccc23)nnc1Cc1ccccc1. The fraction of sp³-hybridized carbons (Fsp3) is 0.0500. The summed E-state index contributed by atoms with van der Waals surface area (Å²) in [6.45, 7) is 0. The van der Waals surface area contributed by atoms with Gasteiger partial charge in [0.15, 0.2) is 0 Å². The minimum Gasteiger partial charge on any atom is -0.324 e. The molecule has 1 heterocycles. The van der Waals surface area contributed by atoms with Crippen LogP contribution in [0.5, 0.6) is 0 Å². The van der Waals surface area contributed by atoms with Crippen molar-refractivity contribution in [1.29, 1.82) is 0 Å². The quantitative estimate of drug-likeness (QED) is 0.600. The predicted octanol–water partition coefficient (Wildman–Crippen LogP) is 3.65. The lowest BCUT2D eigenvalue weighted by Gasteiger charge is -2.08. The third-order valence-electron chi connectivity index (χ3n) is 4.02. The molecule has 122 valence electrons. The molecule has 0 aliphatic heterocycles. The van der Waals surface area contributed by atoms with E-state index in [1.807, 2.05) is 72.8 Å². The second kappa shape index (κ2) is 6.57. The van der Waals surface area contributed by atoms with Crippen LogP contribution in [0.1, 0.15) is 11.3 Å². The molecule has 4 rings (SSSR count). The van der Waals surface area contributed by atoms with E-state index in [2.05, 4.69) is 20.5 Å². The van der Waals surface area contributed by atoms with Gasteiger partial charge in [0.25, 0.3) is 5.56 Å². The largest absolute Gasteiger partial charge is 0.324 e. The van der Waals surface area contributed by atoms with Crippen LogP contribution in [0.2, 0.25) is 0 Å². The van der Waals surface area contributed by atoms with E-state index in [-0.39, 0.29) is 5.56 Å². The number of fused-ring (bicyclic) bond motifs is 1. The summed E-state index contributed by atoms with van der Waals surface area (Å²) in [7, 11) is 0. The Labute approximate surface area is 144 Å². The monoisotopic (exact) mass is 328 g/mol. The molecule has 0 bridgehead atoms. The molecule has 0 aliphatic carbocycles. The lowest BCUT2D eigenvalue weighted by molar-refractivity contribution is 0.874. The minimum atomic E-state index is -0.235. The first-order chi connectivity index (χ1) is 12.3. The van der Waals surface area contributed by atoms with Crippen LogP contribution >= 0.6 is 0 Å². The van der Waals surface area contributed by atoms with Crippen molar-refractivity contribution in [3.8, 4) is 0 Å². The van der Waals surface area contributed by atoms with Gasteiger partial charge in [0.05, 0.1) is 0 Å². The van der Waals surface area contributed by atoms with Crippen molar-refractivity contribution in [3.63, 3.8) is 0 Å². The maximum absolute atomic E-state index is 12.3. The van der Waals surface area contributed by atoms with Crippen LogP contribution < -0.4 is 10.9 Å². The molecule has 5 nitrogen and oxygen atoms in total. The van der Waals surface area contributed by atoms with Crippen molar-refractivity contribution >= 4 is 22.4 Å². The van der Waals surface area contributed by atoms with Gasteiger partial charge in [-0.25, -0.2) is 0 Å². The van der Waals surface area contributed by atoms with E-state index in [0.717, 1.165) is 22.0 Å². The number of hydrogen-bond acceptors (Lipinski definition) is 4. The van der Waals surface area contributed by atoms with Crippen molar-refractivity contribution in [2.24, 2.45) is 0 Å². The van der Waals surface area contributed by atoms with Gasteiger partial charge in [0.2, 0.25) is 5.95 Å². The summed E-state index contributed by atoms with van der Waals surface area (Å²) in [6.07, 6.45) is 0.456. The molecule has 4 aromatic rings. The molecule has 5 heteroatoms. The van der Waals surface area contributed by atoms with Gasteiger partial charge in [0.1, 0.15) is 5.69 Å². The molecule has 0 radical (unpaired) electrons. The van der Waals surface area contributed by atoms with Gasteiger partial charge in [-0.2, -0.15) is 0 Å². The number of rotatable bonds is 4. The number of H-pyrrole nitrogens is 1. The highest BCUT2D eigenvalue weighted by molar-refractivity contribution is 5.94. The number of aromatic amines is 1. The fourth-order valence-corrected chi connectivity index (χ4v) is 2.78. The molecular weight excluding hydrogens is 312 g/mol. The number of hydrogen-bond donors (Lipinski definition) is 2. The average molecular weight is 328 g/mol. The molecule has 0 unspecified atom stereocenters. The van der Waals surface area contributed by atoms with Crippen molar-refractivity contribution in [2.45, 2.75) is 6.42 Å². The van der Waals surface area contributed by atoms with E-state index in [4.69, 9.17) is 0 Å². The highest BCUT2D eigenvalue weighted by atomic mass is 16.1. The second-order valence-corrected chi connectivity index (χ2v) is 5.76. The highest BCUT2D eigenvalue weighted by Gasteiger charge is 2.07. The van der Waals surface area contributed by atoms with Crippen molar-refractivity contribution in [3.05, 3.63) is 94.4 Å². The Bertz CT molecular complexity index is 1070. The zero-order chi connectivity index (χ0) is 17.1. The number of nitrogens with one attached hydrogen (secondary N) is 2. The summed E-state index contributed by atoms with van der Waals surface area (Å²) < 4.78 is 0. The molecule has 0 saturated heterocycles. The van der Waals surface area contributed by atoms with Gasteiger partial charge in [-0.3, -0.25) is 9.78 Å². The normalized spacial score (nSPS) is 10.7.